The number of nitrogens with one attached hydrogen (secondary N) is 1. The SMILES string of the molecule is CCNC1CCN(C(=O)CCOCC)CC1C. The summed E-state index contributed by atoms with van der Waals surface area (Å²) in [6.45, 7) is 10.3. The van der Waals surface area contributed by atoms with Crippen molar-refractivity contribution in [1.82, 2.24) is 10.2 Å². The van der Waals surface area contributed by atoms with E-state index in [-0.39, 0.29) is 5.91 Å². The standard InChI is InChI=1S/C13H26N2O2/c1-4-14-12-6-8-15(10-11(12)3)13(16)7-9-17-5-2/h11-12,14H,4-10H2,1-3H3. The molecule has 0 aliphatic carbocycles. The number of hydrogen-bond acceptors (Lipinski definition) is 3. The van der Waals surface area contributed by atoms with Gasteiger partial charge in [-0.25, -0.2) is 0 Å². The van der Waals surface area contributed by atoms with Crippen LogP contribution < -0.4 is 5.32 Å². The molecule has 1 fully saturated rings. The van der Waals surface area contributed by atoms with Crippen molar-refractivity contribution < 1.29 is 9.53 Å². The fourth-order valence-corrected chi connectivity index (χ4v) is 2.40. The molecule has 0 saturated carbocycles. The molecular weight excluding hydrogens is 216 g/mol. The molecule has 1 rings (SSSR count). The van der Waals surface area contributed by atoms with Crippen molar-refractivity contribution in [2.75, 3.05) is 32.8 Å². The van der Waals surface area contributed by atoms with E-state index in [1.807, 2.05) is 11.8 Å². The summed E-state index contributed by atoms with van der Waals surface area (Å²) in [6.07, 6.45) is 1.59. The van der Waals surface area contributed by atoms with E-state index in [0.29, 0.717) is 31.6 Å². The molecule has 2 unspecified atom stereocenters. The number of carbonyl (C=O) groups excluding carboxylic acids is 1. The lowest BCUT2D eigenvalue weighted by Gasteiger charge is -2.37. The molecule has 0 aromatic rings. The molecule has 0 bridgehead atoms. The Hall–Kier alpha value is -0.610. The highest BCUT2D eigenvalue weighted by Crippen LogP contribution is 2.17. The van der Waals surface area contributed by atoms with E-state index < -0.39 is 0 Å². The summed E-state index contributed by atoms with van der Waals surface area (Å²) in [4.78, 5) is 13.9. The Morgan fingerprint density at radius 3 is 2.82 bits per heavy atom. The lowest BCUT2D eigenvalue weighted by molar-refractivity contribution is -0.134. The third-order valence-corrected chi connectivity index (χ3v) is 3.39. The number of carbonyl (C=O) groups is 1. The third-order valence-electron chi connectivity index (χ3n) is 3.39. The molecule has 1 aliphatic rings. The minimum absolute atomic E-state index is 0.236. The molecule has 1 N–H and O–H groups in total. The second kappa shape index (κ2) is 7.67. The number of amides is 1. The summed E-state index contributed by atoms with van der Waals surface area (Å²) in [5.41, 5.74) is 0. The monoisotopic (exact) mass is 242 g/mol. The van der Waals surface area contributed by atoms with Gasteiger partial charge in [0, 0.05) is 25.7 Å². The van der Waals surface area contributed by atoms with Gasteiger partial charge >= 0.3 is 0 Å². The predicted molar refractivity (Wildman–Crippen MR) is 68.9 cm³/mol. The largest absolute Gasteiger partial charge is 0.381 e. The Morgan fingerprint density at radius 1 is 1.47 bits per heavy atom. The van der Waals surface area contributed by atoms with Crippen LogP contribution in [-0.4, -0.2) is 49.7 Å². The summed E-state index contributed by atoms with van der Waals surface area (Å²) in [5.74, 6) is 0.778. The Bertz CT molecular complexity index is 233. The summed E-state index contributed by atoms with van der Waals surface area (Å²) in [5, 5.41) is 3.48. The highest BCUT2D eigenvalue weighted by Gasteiger charge is 2.27. The van der Waals surface area contributed by atoms with Crippen molar-refractivity contribution in [1.29, 1.82) is 0 Å². The van der Waals surface area contributed by atoms with Gasteiger partial charge < -0.3 is 15.0 Å². The highest BCUT2D eigenvalue weighted by atomic mass is 16.5. The van der Waals surface area contributed by atoms with E-state index in [1.54, 1.807) is 0 Å². The van der Waals surface area contributed by atoms with Crippen molar-refractivity contribution in [3.05, 3.63) is 0 Å². The molecule has 0 spiro atoms. The van der Waals surface area contributed by atoms with Crippen molar-refractivity contribution in [3.8, 4) is 0 Å². The molecule has 4 heteroatoms. The van der Waals surface area contributed by atoms with Crippen LogP contribution in [0, 0.1) is 5.92 Å². The number of likely N-dealkylation sites (tertiary alicyclic amines) is 1. The van der Waals surface area contributed by atoms with Crippen LogP contribution in [0.2, 0.25) is 0 Å². The molecule has 0 radical (unpaired) electrons. The van der Waals surface area contributed by atoms with Crippen LogP contribution in [0.3, 0.4) is 0 Å². The van der Waals surface area contributed by atoms with Crippen molar-refractivity contribution in [3.63, 3.8) is 0 Å². The summed E-state index contributed by atoms with van der Waals surface area (Å²) in [6, 6.07) is 0.566. The first-order chi connectivity index (χ1) is 8.19. The van der Waals surface area contributed by atoms with Crippen LogP contribution in [0.4, 0.5) is 0 Å². The van der Waals surface area contributed by atoms with Crippen molar-refractivity contribution in [2.45, 2.75) is 39.7 Å². The van der Waals surface area contributed by atoms with Crippen LogP contribution in [-0.2, 0) is 9.53 Å². The quantitative estimate of drug-likeness (QED) is 0.713. The van der Waals surface area contributed by atoms with E-state index in [9.17, 15) is 4.79 Å². The smallest absolute Gasteiger partial charge is 0.224 e. The van der Waals surface area contributed by atoms with E-state index in [0.717, 1.165) is 26.1 Å². The van der Waals surface area contributed by atoms with E-state index in [2.05, 4.69) is 19.2 Å². The maximum absolute atomic E-state index is 11.9. The molecule has 0 aromatic heterocycles. The maximum Gasteiger partial charge on any atom is 0.224 e. The second-order valence-corrected chi connectivity index (χ2v) is 4.72. The Morgan fingerprint density at radius 2 is 2.24 bits per heavy atom. The van der Waals surface area contributed by atoms with Gasteiger partial charge in [0.15, 0.2) is 0 Å². The van der Waals surface area contributed by atoms with Gasteiger partial charge in [0.25, 0.3) is 0 Å². The molecule has 17 heavy (non-hydrogen) atoms. The number of ether oxygens (including phenoxy) is 1. The fourth-order valence-electron chi connectivity index (χ4n) is 2.40. The summed E-state index contributed by atoms with van der Waals surface area (Å²) >= 11 is 0. The zero-order chi connectivity index (χ0) is 12.7. The highest BCUT2D eigenvalue weighted by molar-refractivity contribution is 5.76. The number of rotatable bonds is 6. The third kappa shape index (κ3) is 4.64. The Kier molecular flexibility index (Phi) is 6.52. The van der Waals surface area contributed by atoms with E-state index in [1.165, 1.54) is 0 Å². The summed E-state index contributed by atoms with van der Waals surface area (Å²) < 4.78 is 5.22. The van der Waals surface area contributed by atoms with E-state index >= 15 is 0 Å². The summed E-state index contributed by atoms with van der Waals surface area (Å²) in [7, 11) is 0. The first kappa shape index (κ1) is 14.5. The molecule has 1 aliphatic heterocycles. The number of nitrogens with zero attached hydrogens (tertiary/aromatic N) is 1. The van der Waals surface area contributed by atoms with Gasteiger partial charge in [0.1, 0.15) is 0 Å². The molecule has 0 aromatic carbocycles. The minimum atomic E-state index is 0.236. The topological polar surface area (TPSA) is 41.6 Å². The van der Waals surface area contributed by atoms with Gasteiger partial charge in [-0.3, -0.25) is 4.79 Å². The van der Waals surface area contributed by atoms with Crippen LogP contribution in [0.1, 0.15) is 33.6 Å². The Labute approximate surface area is 105 Å². The first-order valence-electron chi connectivity index (χ1n) is 6.77. The average molecular weight is 242 g/mol. The van der Waals surface area contributed by atoms with Crippen LogP contribution in [0.15, 0.2) is 0 Å². The molecule has 100 valence electrons. The van der Waals surface area contributed by atoms with Crippen LogP contribution >= 0.6 is 0 Å². The maximum atomic E-state index is 11.9. The van der Waals surface area contributed by atoms with Crippen molar-refractivity contribution in [2.24, 2.45) is 5.92 Å². The van der Waals surface area contributed by atoms with Gasteiger partial charge in [-0.15, -0.1) is 0 Å². The second-order valence-electron chi connectivity index (χ2n) is 4.72. The van der Waals surface area contributed by atoms with Gasteiger partial charge in [-0.2, -0.15) is 0 Å². The zero-order valence-electron chi connectivity index (χ0n) is 11.4. The molecule has 1 amide bonds. The van der Waals surface area contributed by atoms with Gasteiger partial charge in [0.2, 0.25) is 5.91 Å². The fraction of sp³-hybridized carbons (Fsp3) is 0.923. The first-order valence-corrected chi connectivity index (χ1v) is 6.77. The minimum Gasteiger partial charge on any atom is -0.381 e. The van der Waals surface area contributed by atoms with Gasteiger partial charge in [0.05, 0.1) is 13.0 Å². The zero-order valence-corrected chi connectivity index (χ0v) is 11.4. The Balaban J connectivity index is 2.30. The van der Waals surface area contributed by atoms with Crippen LogP contribution in [0.25, 0.3) is 0 Å². The molecule has 2 atom stereocenters. The average Bonchev–Trinajstić information content (AvgIpc) is 2.32. The van der Waals surface area contributed by atoms with Gasteiger partial charge in [-0.1, -0.05) is 13.8 Å². The lowest BCUT2D eigenvalue weighted by atomic mass is 9.93. The molecule has 1 saturated heterocycles. The molecule has 4 nitrogen and oxygen atoms in total. The molecular formula is C13H26N2O2. The normalized spacial score (nSPS) is 25.0. The lowest BCUT2D eigenvalue weighted by Crippen LogP contribution is -2.50. The van der Waals surface area contributed by atoms with Crippen molar-refractivity contribution >= 4 is 5.91 Å². The van der Waals surface area contributed by atoms with Gasteiger partial charge in [-0.05, 0) is 25.8 Å². The number of hydrogen-bond donors (Lipinski definition) is 1. The predicted octanol–water partition coefficient (Wildman–Crippen LogP) is 1.26. The number of piperidine rings is 1. The molecule has 1 heterocycles. The van der Waals surface area contributed by atoms with Crippen LogP contribution in [0.5, 0.6) is 0 Å². The van der Waals surface area contributed by atoms with E-state index in [4.69, 9.17) is 4.74 Å².